The molecule has 0 N–H and O–H groups in total. The summed E-state index contributed by atoms with van der Waals surface area (Å²) in [5.41, 5.74) is -0.394. The number of amides is 1. The standard InChI is InChI=1S/C12H21NO2/c1-12(2,3)15-11(14)13-9-7-5-4-6-8-10-13/h4-5H,6-10H2,1-3H3/b5-4-. The Morgan fingerprint density at radius 3 is 2.53 bits per heavy atom. The predicted molar refractivity (Wildman–Crippen MR) is 60.8 cm³/mol. The molecule has 1 amide bonds. The van der Waals surface area contributed by atoms with Gasteiger partial charge in [-0.05, 0) is 40.0 Å². The lowest BCUT2D eigenvalue weighted by molar-refractivity contribution is 0.0250. The molecule has 0 fully saturated rings. The molecule has 86 valence electrons. The van der Waals surface area contributed by atoms with Gasteiger partial charge in [0.15, 0.2) is 0 Å². The molecule has 1 heterocycles. The number of allylic oxidation sites excluding steroid dienone is 1. The number of carbonyl (C=O) groups is 1. The summed E-state index contributed by atoms with van der Waals surface area (Å²) in [6, 6.07) is 0. The maximum atomic E-state index is 11.8. The van der Waals surface area contributed by atoms with Crippen LogP contribution in [0.25, 0.3) is 0 Å². The van der Waals surface area contributed by atoms with E-state index in [1.54, 1.807) is 4.90 Å². The van der Waals surface area contributed by atoms with Gasteiger partial charge >= 0.3 is 6.09 Å². The minimum absolute atomic E-state index is 0.183. The fraction of sp³-hybridized carbons (Fsp3) is 0.750. The van der Waals surface area contributed by atoms with Crippen molar-refractivity contribution in [1.29, 1.82) is 0 Å². The Kier molecular flexibility index (Phi) is 4.18. The molecule has 0 aromatic heterocycles. The van der Waals surface area contributed by atoms with Crippen LogP contribution in [0, 0.1) is 0 Å². The van der Waals surface area contributed by atoms with E-state index in [0.717, 1.165) is 32.4 Å². The molecule has 15 heavy (non-hydrogen) atoms. The van der Waals surface area contributed by atoms with Crippen molar-refractivity contribution in [3.63, 3.8) is 0 Å². The van der Waals surface area contributed by atoms with Gasteiger partial charge in [-0.1, -0.05) is 12.2 Å². The summed E-state index contributed by atoms with van der Waals surface area (Å²) >= 11 is 0. The minimum atomic E-state index is -0.394. The molecule has 0 aromatic carbocycles. The maximum Gasteiger partial charge on any atom is 0.410 e. The second-order valence-electron chi connectivity index (χ2n) is 4.87. The van der Waals surface area contributed by atoms with Gasteiger partial charge in [-0.3, -0.25) is 0 Å². The monoisotopic (exact) mass is 211 g/mol. The van der Waals surface area contributed by atoms with Gasteiger partial charge in [-0.15, -0.1) is 0 Å². The lowest BCUT2D eigenvalue weighted by Gasteiger charge is -2.27. The average Bonchev–Trinajstić information content (AvgIpc) is 1.98. The molecule has 0 radical (unpaired) electrons. The molecule has 0 bridgehead atoms. The molecule has 1 aliphatic rings. The minimum Gasteiger partial charge on any atom is -0.444 e. The molecule has 3 heteroatoms. The van der Waals surface area contributed by atoms with Gasteiger partial charge in [0.25, 0.3) is 0 Å². The van der Waals surface area contributed by atoms with Crippen LogP contribution < -0.4 is 0 Å². The van der Waals surface area contributed by atoms with E-state index in [0.29, 0.717) is 0 Å². The normalized spacial score (nSPS) is 20.3. The van der Waals surface area contributed by atoms with Crippen molar-refractivity contribution < 1.29 is 9.53 Å². The zero-order valence-corrected chi connectivity index (χ0v) is 9.95. The Balaban J connectivity index is 2.47. The molecule has 0 saturated heterocycles. The highest BCUT2D eigenvalue weighted by atomic mass is 16.6. The maximum absolute atomic E-state index is 11.8. The van der Waals surface area contributed by atoms with Gasteiger partial charge in [0.2, 0.25) is 0 Å². The van der Waals surface area contributed by atoms with Gasteiger partial charge in [0, 0.05) is 13.1 Å². The summed E-state index contributed by atoms with van der Waals surface area (Å²) in [7, 11) is 0. The Morgan fingerprint density at radius 2 is 1.87 bits per heavy atom. The molecule has 0 unspecified atom stereocenters. The first kappa shape index (κ1) is 12.1. The van der Waals surface area contributed by atoms with E-state index in [1.807, 2.05) is 20.8 Å². The van der Waals surface area contributed by atoms with E-state index in [-0.39, 0.29) is 6.09 Å². The molecular formula is C12H21NO2. The van der Waals surface area contributed by atoms with Crippen LogP contribution in [0.2, 0.25) is 0 Å². The fourth-order valence-electron chi connectivity index (χ4n) is 1.49. The quantitative estimate of drug-likeness (QED) is 0.576. The first-order valence-electron chi connectivity index (χ1n) is 5.62. The Hall–Kier alpha value is -0.990. The summed E-state index contributed by atoms with van der Waals surface area (Å²) in [5.74, 6) is 0. The summed E-state index contributed by atoms with van der Waals surface area (Å²) in [6.45, 7) is 7.27. The van der Waals surface area contributed by atoms with E-state index < -0.39 is 5.60 Å². The Labute approximate surface area is 92.1 Å². The molecule has 0 saturated carbocycles. The summed E-state index contributed by atoms with van der Waals surface area (Å²) in [6.07, 6.45) is 7.15. The predicted octanol–water partition coefficient (Wildman–Crippen LogP) is 2.96. The molecule has 3 nitrogen and oxygen atoms in total. The van der Waals surface area contributed by atoms with Crippen molar-refractivity contribution in [3.8, 4) is 0 Å². The lowest BCUT2D eigenvalue weighted by atomic mass is 10.2. The van der Waals surface area contributed by atoms with Crippen LogP contribution in [-0.4, -0.2) is 29.7 Å². The molecule has 0 atom stereocenters. The topological polar surface area (TPSA) is 29.5 Å². The average molecular weight is 211 g/mol. The third kappa shape index (κ3) is 4.86. The number of rotatable bonds is 0. The van der Waals surface area contributed by atoms with E-state index in [2.05, 4.69) is 12.2 Å². The zero-order valence-electron chi connectivity index (χ0n) is 9.95. The van der Waals surface area contributed by atoms with Crippen LogP contribution in [0.4, 0.5) is 4.79 Å². The van der Waals surface area contributed by atoms with E-state index in [4.69, 9.17) is 4.74 Å². The third-order valence-electron chi connectivity index (χ3n) is 2.18. The van der Waals surface area contributed by atoms with Gasteiger partial charge in [0.05, 0.1) is 0 Å². The SMILES string of the molecule is CC(C)(C)OC(=O)N1CC/C=C\CCC1. The van der Waals surface area contributed by atoms with E-state index in [1.165, 1.54) is 0 Å². The van der Waals surface area contributed by atoms with Gasteiger partial charge < -0.3 is 9.64 Å². The number of hydrogen-bond acceptors (Lipinski definition) is 2. The summed E-state index contributed by atoms with van der Waals surface area (Å²) in [5, 5.41) is 0. The number of nitrogens with zero attached hydrogens (tertiary/aromatic N) is 1. The second kappa shape index (κ2) is 5.19. The van der Waals surface area contributed by atoms with Crippen molar-refractivity contribution in [2.45, 2.75) is 45.6 Å². The molecule has 1 aliphatic heterocycles. The zero-order chi connectivity index (χ0) is 11.3. The first-order chi connectivity index (χ1) is 6.99. The third-order valence-corrected chi connectivity index (χ3v) is 2.18. The van der Waals surface area contributed by atoms with Crippen molar-refractivity contribution in [2.75, 3.05) is 13.1 Å². The second-order valence-corrected chi connectivity index (χ2v) is 4.87. The van der Waals surface area contributed by atoms with Crippen molar-refractivity contribution in [1.82, 2.24) is 4.90 Å². The van der Waals surface area contributed by atoms with Crippen LogP contribution in [0.3, 0.4) is 0 Å². The first-order valence-corrected chi connectivity index (χ1v) is 5.62. The number of carbonyl (C=O) groups excluding carboxylic acids is 1. The van der Waals surface area contributed by atoms with Crippen molar-refractivity contribution >= 4 is 6.09 Å². The molecule has 0 aromatic rings. The highest BCUT2D eigenvalue weighted by Crippen LogP contribution is 2.12. The van der Waals surface area contributed by atoms with Gasteiger partial charge in [0.1, 0.15) is 5.60 Å². The summed E-state index contributed by atoms with van der Waals surface area (Å²) < 4.78 is 5.34. The van der Waals surface area contributed by atoms with E-state index >= 15 is 0 Å². The van der Waals surface area contributed by atoms with Gasteiger partial charge in [-0.25, -0.2) is 4.79 Å². The van der Waals surface area contributed by atoms with E-state index in [9.17, 15) is 4.79 Å². The van der Waals surface area contributed by atoms with Crippen LogP contribution in [0.1, 0.15) is 40.0 Å². The highest BCUT2D eigenvalue weighted by molar-refractivity contribution is 5.68. The smallest absolute Gasteiger partial charge is 0.410 e. The fourth-order valence-corrected chi connectivity index (χ4v) is 1.49. The van der Waals surface area contributed by atoms with Crippen LogP contribution in [-0.2, 0) is 4.74 Å². The summed E-state index contributed by atoms with van der Waals surface area (Å²) in [4.78, 5) is 13.6. The molecule has 0 aliphatic carbocycles. The van der Waals surface area contributed by atoms with Crippen molar-refractivity contribution in [3.05, 3.63) is 12.2 Å². The molecular weight excluding hydrogens is 190 g/mol. The molecule has 0 spiro atoms. The van der Waals surface area contributed by atoms with Gasteiger partial charge in [-0.2, -0.15) is 0 Å². The number of hydrogen-bond donors (Lipinski definition) is 0. The Morgan fingerprint density at radius 1 is 1.20 bits per heavy atom. The number of ether oxygens (including phenoxy) is 1. The highest BCUT2D eigenvalue weighted by Gasteiger charge is 2.21. The van der Waals surface area contributed by atoms with Crippen LogP contribution in [0.15, 0.2) is 12.2 Å². The molecule has 1 rings (SSSR count). The van der Waals surface area contributed by atoms with Crippen molar-refractivity contribution in [2.24, 2.45) is 0 Å². The lowest BCUT2D eigenvalue weighted by Crippen LogP contribution is -2.38. The van der Waals surface area contributed by atoms with Crippen LogP contribution >= 0.6 is 0 Å². The largest absolute Gasteiger partial charge is 0.444 e. The van der Waals surface area contributed by atoms with Crippen LogP contribution in [0.5, 0.6) is 0 Å². The Bertz CT molecular complexity index is 240.